The minimum Gasteiger partial charge on any atom is -0.370 e. The fourth-order valence-corrected chi connectivity index (χ4v) is 5.62. The van der Waals surface area contributed by atoms with E-state index >= 15 is 0 Å². The van der Waals surface area contributed by atoms with Crippen LogP contribution in [0.2, 0.25) is 5.02 Å². The highest BCUT2D eigenvalue weighted by Gasteiger charge is 2.21. The van der Waals surface area contributed by atoms with Crippen LogP contribution in [0.1, 0.15) is 32.1 Å². The lowest BCUT2D eigenvalue weighted by atomic mass is 9.96. The zero-order valence-corrected chi connectivity index (χ0v) is 23.0. The van der Waals surface area contributed by atoms with Crippen LogP contribution in [0, 0.1) is 17.2 Å². The molecule has 37 heavy (non-hydrogen) atoms. The summed E-state index contributed by atoms with van der Waals surface area (Å²) in [6.45, 7) is 4.15. The lowest BCUT2D eigenvalue weighted by Gasteiger charge is -2.33. The molecule has 1 aliphatic heterocycles. The van der Waals surface area contributed by atoms with Crippen molar-refractivity contribution in [2.24, 2.45) is 5.92 Å². The fraction of sp³-hybridized carbons (Fsp3) is 0.345. The van der Waals surface area contributed by atoms with Crippen LogP contribution in [0.15, 0.2) is 76.5 Å². The van der Waals surface area contributed by atoms with Gasteiger partial charge in [0.25, 0.3) is 0 Å². The van der Waals surface area contributed by atoms with Gasteiger partial charge in [-0.05, 0) is 66.2 Å². The number of likely N-dealkylation sites (tertiary alicyclic amines) is 1. The summed E-state index contributed by atoms with van der Waals surface area (Å²) in [5, 5.41) is 18.1. The number of allylic oxidation sites excluding steroid dienone is 5. The Morgan fingerprint density at radius 2 is 2.14 bits per heavy atom. The predicted octanol–water partition coefficient (Wildman–Crippen LogP) is 7.05. The molecular weight excluding hydrogens is 548 g/mol. The van der Waals surface area contributed by atoms with Crippen molar-refractivity contribution in [3.05, 3.63) is 81.5 Å². The zero-order valence-electron chi connectivity index (χ0n) is 20.7. The number of nitrogens with zero attached hydrogens (tertiary/aromatic N) is 5. The number of benzene rings is 1. The second kappa shape index (κ2) is 12.1. The summed E-state index contributed by atoms with van der Waals surface area (Å²) in [5.41, 5.74) is 4.74. The third kappa shape index (κ3) is 6.32. The number of anilines is 1. The van der Waals surface area contributed by atoms with Gasteiger partial charge in [-0.2, -0.15) is 14.9 Å². The van der Waals surface area contributed by atoms with Crippen molar-refractivity contribution in [3.8, 4) is 17.3 Å². The number of piperidine rings is 1. The lowest BCUT2D eigenvalue weighted by Crippen LogP contribution is -2.38. The fourth-order valence-electron chi connectivity index (χ4n) is 5.04. The van der Waals surface area contributed by atoms with E-state index in [-0.39, 0.29) is 0 Å². The SMILES string of the molecule is N#C/C1=C/C=CC/C(CCN2CCCC(CNc3cc(-c4ccccc4Cl)nc4c(Br)cnn34)C2)=C\C1. The maximum Gasteiger partial charge on any atom is 0.172 e. The highest BCUT2D eigenvalue weighted by atomic mass is 79.9. The molecule has 3 heterocycles. The van der Waals surface area contributed by atoms with Gasteiger partial charge in [0.1, 0.15) is 5.82 Å². The topological polar surface area (TPSA) is 69.2 Å². The Hall–Kier alpha value is -2.92. The smallest absolute Gasteiger partial charge is 0.172 e. The van der Waals surface area contributed by atoms with Gasteiger partial charge in [0, 0.05) is 48.3 Å². The second-order valence-electron chi connectivity index (χ2n) is 9.68. The van der Waals surface area contributed by atoms with Crippen molar-refractivity contribution >= 4 is 39.0 Å². The van der Waals surface area contributed by atoms with Crippen molar-refractivity contribution < 1.29 is 0 Å². The van der Waals surface area contributed by atoms with Crippen LogP contribution in [0.3, 0.4) is 0 Å². The summed E-state index contributed by atoms with van der Waals surface area (Å²) in [6.07, 6.45) is 15.3. The first-order chi connectivity index (χ1) is 18.1. The van der Waals surface area contributed by atoms with Crippen LogP contribution in [-0.2, 0) is 0 Å². The number of hydrogen-bond donors (Lipinski definition) is 1. The molecular formula is C29H30BrClN6. The molecule has 1 unspecified atom stereocenters. The van der Waals surface area contributed by atoms with E-state index in [0.717, 1.165) is 78.2 Å². The van der Waals surface area contributed by atoms with Crippen molar-refractivity contribution in [3.63, 3.8) is 0 Å². The summed E-state index contributed by atoms with van der Waals surface area (Å²) in [4.78, 5) is 7.40. The first-order valence-electron chi connectivity index (χ1n) is 12.8. The number of hydrogen-bond acceptors (Lipinski definition) is 5. The Bertz CT molecular complexity index is 1400. The third-order valence-electron chi connectivity index (χ3n) is 7.07. The van der Waals surface area contributed by atoms with Crippen LogP contribution in [0.25, 0.3) is 16.9 Å². The molecule has 0 radical (unpaired) electrons. The van der Waals surface area contributed by atoms with Gasteiger partial charge in [-0.15, -0.1) is 0 Å². The molecule has 190 valence electrons. The molecule has 0 bridgehead atoms. The molecule has 1 aliphatic carbocycles. The van der Waals surface area contributed by atoms with E-state index < -0.39 is 0 Å². The van der Waals surface area contributed by atoms with E-state index in [4.69, 9.17) is 16.6 Å². The summed E-state index contributed by atoms with van der Waals surface area (Å²) in [5.74, 6) is 1.47. The number of halogens is 2. The summed E-state index contributed by atoms with van der Waals surface area (Å²) in [7, 11) is 0. The van der Waals surface area contributed by atoms with Crippen molar-refractivity contribution in [1.82, 2.24) is 19.5 Å². The molecule has 1 N–H and O–H groups in total. The molecule has 2 aromatic heterocycles. The number of nitrogens with one attached hydrogen (secondary N) is 1. The van der Waals surface area contributed by atoms with E-state index in [1.807, 2.05) is 47.0 Å². The van der Waals surface area contributed by atoms with Crippen LogP contribution in [0.4, 0.5) is 5.82 Å². The van der Waals surface area contributed by atoms with E-state index in [9.17, 15) is 5.26 Å². The van der Waals surface area contributed by atoms with Gasteiger partial charge in [0.05, 0.1) is 22.4 Å². The average molecular weight is 578 g/mol. The average Bonchev–Trinajstić information content (AvgIpc) is 3.28. The molecule has 1 aromatic carbocycles. The molecule has 5 rings (SSSR count). The van der Waals surface area contributed by atoms with Gasteiger partial charge < -0.3 is 10.2 Å². The monoisotopic (exact) mass is 576 g/mol. The molecule has 0 amide bonds. The number of rotatable bonds is 7. The zero-order chi connectivity index (χ0) is 25.6. The maximum absolute atomic E-state index is 9.22. The first-order valence-corrected chi connectivity index (χ1v) is 14.0. The van der Waals surface area contributed by atoms with Crippen LogP contribution in [0.5, 0.6) is 0 Å². The standard InChI is InChI=1S/C29H30BrClN6/c30-25-19-34-37-28(16-27(35-29(25)37)24-9-3-4-10-26(24)31)33-18-23-8-5-14-36(20-23)15-13-21-6-1-2-7-22(17-32)12-11-21/h1-4,7,9-11,16,19,23,33H,5-6,8,12-15,18,20H2/b2-1?,21-11+,22-7+. The van der Waals surface area contributed by atoms with Crippen molar-refractivity contribution in [2.45, 2.75) is 32.1 Å². The molecule has 0 saturated carbocycles. The summed E-state index contributed by atoms with van der Waals surface area (Å²) < 4.78 is 2.70. The first kappa shape index (κ1) is 25.7. The van der Waals surface area contributed by atoms with Gasteiger partial charge in [-0.1, -0.05) is 53.6 Å². The molecule has 2 aliphatic rings. The highest BCUT2D eigenvalue weighted by molar-refractivity contribution is 9.10. The van der Waals surface area contributed by atoms with E-state index in [0.29, 0.717) is 10.9 Å². The second-order valence-corrected chi connectivity index (χ2v) is 10.9. The number of nitriles is 1. The highest BCUT2D eigenvalue weighted by Crippen LogP contribution is 2.30. The minimum absolute atomic E-state index is 0.555. The molecule has 1 atom stereocenters. The van der Waals surface area contributed by atoms with Crippen molar-refractivity contribution in [2.75, 3.05) is 31.5 Å². The summed E-state index contributed by atoms with van der Waals surface area (Å²) >= 11 is 10.1. The number of aromatic nitrogens is 3. The molecule has 1 saturated heterocycles. The minimum atomic E-state index is 0.555. The lowest BCUT2D eigenvalue weighted by molar-refractivity contribution is 0.182. The van der Waals surface area contributed by atoms with E-state index in [2.05, 4.69) is 49.5 Å². The Labute approximate surface area is 231 Å². The quantitative estimate of drug-likeness (QED) is 0.305. The van der Waals surface area contributed by atoms with Crippen molar-refractivity contribution in [1.29, 1.82) is 5.26 Å². The largest absolute Gasteiger partial charge is 0.370 e. The van der Waals surface area contributed by atoms with Gasteiger partial charge >= 0.3 is 0 Å². The Morgan fingerprint density at radius 3 is 3.00 bits per heavy atom. The molecule has 6 nitrogen and oxygen atoms in total. The van der Waals surface area contributed by atoms with E-state index in [1.54, 1.807) is 6.20 Å². The van der Waals surface area contributed by atoms with Crippen LogP contribution in [-0.4, -0.2) is 45.7 Å². The predicted molar refractivity (Wildman–Crippen MR) is 154 cm³/mol. The van der Waals surface area contributed by atoms with Gasteiger partial charge in [0.15, 0.2) is 5.65 Å². The Morgan fingerprint density at radius 1 is 1.24 bits per heavy atom. The third-order valence-corrected chi connectivity index (χ3v) is 7.96. The number of fused-ring (bicyclic) bond motifs is 1. The molecule has 0 spiro atoms. The van der Waals surface area contributed by atoms with Gasteiger partial charge in [-0.25, -0.2) is 4.98 Å². The van der Waals surface area contributed by atoms with Crippen LogP contribution < -0.4 is 5.32 Å². The summed E-state index contributed by atoms with van der Waals surface area (Å²) in [6, 6.07) is 12.1. The molecule has 1 fully saturated rings. The Kier molecular flexibility index (Phi) is 8.40. The molecule has 8 heteroatoms. The maximum atomic E-state index is 9.22. The van der Waals surface area contributed by atoms with Gasteiger partial charge in [0.2, 0.25) is 0 Å². The van der Waals surface area contributed by atoms with Crippen LogP contribution >= 0.6 is 27.5 Å². The normalized spacial score (nSPS) is 21.4. The van der Waals surface area contributed by atoms with Gasteiger partial charge in [-0.3, -0.25) is 0 Å². The van der Waals surface area contributed by atoms with E-state index in [1.165, 1.54) is 18.4 Å². The molecule has 3 aromatic rings. The Balaban J connectivity index is 1.24.